The van der Waals surface area contributed by atoms with Crippen molar-refractivity contribution < 1.29 is 18.3 Å². The molecule has 1 aromatic heterocycles. The molecule has 0 N–H and O–H groups in total. The molecule has 0 saturated heterocycles. The Labute approximate surface area is 103 Å². The smallest absolute Gasteiger partial charge is 0.281 e. The van der Waals surface area contributed by atoms with Gasteiger partial charge in [-0.3, -0.25) is 9.78 Å². The Hall–Kier alpha value is -0.500. The van der Waals surface area contributed by atoms with Crippen LogP contribution >= 0.6 is 34.2 Å². The van der Waals surface area contributed by atoms with Crippen LogP contribution in [0.2, 0.25) is 0 Å². The second-order valence-corrected chi connectivity index (χ2v) is 3.98. The summed E-state index contributed by atoms with van der Waals surface area (Å²) in [5.41, 5.74) is -1.03. The fraction of sp³-hybridized carbons (Fsp3) is 0.250. The Balaban J connectivity index is 3.49. The summed E-state index contributed by atoms with van der Waals surface area (Å²) in [6.45, 7) is 0. The van der Waals surface area contributed by atoms with Gasteiger partial charge in [-0.2, -0.15) is 0 Å². The zero-order chi connectivity index (χ0) is 11.6. The van der Waals surface area contributed by atoms with Gasteiger partial charge in [0, 0.05) is 6.20 Å². The summed E-state index contributed by atoms with van der Waals surface area (Å²) in [5, 5.41) is -1.01. The average Bonchev–Trinajstić information content (AvgIpc) is 2.16. The van der Waals surface area contributed by atoms with Crippen molar-refractivity contribution in [3.63, 3.8) is 0 Å². The predicted octanol–water partition coefficient (Wildman–Crippen LogP) is 3.01. The van der Waals surface area contributed by atoms with Crippen molar-refractivity contribution in [2.24, 2.45) is 0 Å². The molecule has 15 heavy (non-hydrogen) atoms. The van der Waals surface area contributed by atoms with Crippen LogP contribution in [-0.2, 0) is 0 Å². The summed E-state index contributed by atoms with van der Waals surface area (Å²) >= 11 is 7.03. The lowest BCUT2D eigenvalue weighted by Crippen LogP contribution is -2.06. The number of nitrogens with zero attached hydrogens (tertiary/aromatic N) is 1. The summed E-state index contributed by atoms with van der Waals surface area (Å²) in [5.74, 6) is 0.0286. The van der Waals surface area contributed by atoms with E-state index in [0.717, 1.165) is 0 Å². The van der Waals surface area contributed by atoms with E-state index in [-0.39, 0.29) is 11.3 Å². The minimum Gasteiger partial charge on any atom is -0.495 e. The normalized spacial score (nSPS) is 10.5. The quantitative estimate of drug-likeness (QED) is 0.623. The molecule has 0 fully saturated rings. The lowest BCUT2D eigenvalue weighted by molar-refractivity contribution is 0.105. The highest BCUT2D eigenvalue weighted by Crippen LogP contribution is 2.32. The predicted molar refractivity (Wildman–Crippen MR) is 58.6 cm³/mol. The van der Waals surface area contributed by atoms with Crippen LogP contribution in [0.4, 0.5) is 8.78 Å². The van der Waals surface area contributed by atoms with Crippen LogP contribution < -0.4 is 4.74 Å². The number of rotatable bonds is 3. The molecule has 3 nitrogen and oxygen atoms in total. The van der Waals surface area contributed by atoms with Gasteiger partial charge in [0.1, 0.15) is 17.0 Å². The number of carbonyl (C=O) groups excluding carboxylic acids is 1. The second kappa shape index (κ2) is 5.02. The van der Waals surface area contributed by atoms with E-state index in [1.165, 1.54) is 13.3 Å². The van der Waals surface area contributed by atoms with Gasteiger partial charge in [-0.25, -0.2) is 8.78 Å². The van der Waals surface area contributed by atoms with E-state index in [1.54, 1.807) is 0 Å². The Kier molecular flexibility index (Phi) is 4.21. The fourth-order valence-electron chi connectivity index (χ4n) is 1.04. The molecule has 1 rings (SSSR count). The summed E-state index contributed by atoms with van der Waals surface area (Å²) in [6, 6.07) is 0. The average molecular weight is 347 g/mol. The molecule has 0 aliphatic rings. The molecule has 0 aromatic carbocycles. The molecule has 0 aliphatic heterocycles. The first-order valence-corrected chi connectivity index (χ1v) is 5.15. The van der Waals surface area contributed by atoms with Crippen LogP contribution in [0.5, 0.6) is 5.75 Å². The lowest BCUT2D eigenvalue weighted by atomic mass is 10.2. The SMILES string of the molecule is COc1c(I)cnc(C(F)F)c1C(=O)Cl. The van der Waals surface area contributed by atoms with Crippen molar-refractivity contribution in [1.82, 2.24) is 4.98 Å². The summed E-state index contributed by atoms with van der Waals surface area (Å²) in [7, 11) is 1.27. The minimum absolute atomic E-state index is 0.0286. The van der Waals surface area contributed by atoms with E-state index in [2.05, 4.69) is 4.98 Å². The highest BCUT2D eigenvalue weighted by atomic mass is 127. The third-order valence-electron chi connectivity index (χ3n) is 1.62. The number of aromatic nitrogens is 1. The van der Waals surface area contributed by atoms with E-state index in [0.29, 0.717) is 3.57 Å². The number of alkyl halides is 2. The van der Waals surface area contributed by atoms with E-state index in [1.807, 2.05) is 22.6 Å². The van der Waals surface area contributed by atoms with Crippen molar-refractivity contribution in [3.8, 4) is 5.75 Å². The van der Waals surface area contributed by atoms with E-state index in [9.17, 15) is 13.6 Å². The molecule has 0 saturated carbocycles. The highest BCUT2D eigenvalue weighted by molar-refractivity contribution is 14.1. The summed E-state index contributed by atoms with van der Waals surface area (Å²) in [6.07, 6.45) is -1.67. The summed E-state index contributed by atoms with van der Waals surface area (Å²) < 4.78 is 30.3. The minimum atomic E-state index is -2.87. The van der Waals surface area contributed by atoms with Gasteiger partial charge < -0.3 is 4.74 Å². The third kappa shape index (κ3) is 2.54. The van der Waals surface area contributed by atoms with Gasteiger partial charge in [0.05, 0.1) is 10.7 Å². The molecule has 0 spiro atoms. The molecule has 0 bridgehead atoms. The molecular formula is C8H5ClF2INO2. The molecule has 0 atom stereocenters. The molecule has 0 amide bonds. The number of hydrogen-bond acceptors (Lipinski definition) is 3. The molecule has 0 unspecified atom stereocenters. The number of ether oxygens (including phenoxy) is 1. The lowest BCUT2D eigenvalue weighted by Gasteiger charge is -2.10. The molecular weight excluding hydrogens is 342 g/mol. The van der Waals surface area contributed by atoms with Gasteiger partial charge in [-0.15, -0.1) is 0 Å². The van der Waals surface area contributed by atoms with Crippen LogP contribution in [0.15, 0.2) is 6.20 Å². The van der Waals surface area contributed by atoms with Crippen molar-refractivity contribution >= 4 is 39.4 Å². The Morgan fingerprint density at radius 3 is 2.67 bits per heavy atom. The van der Waals surface area contributed by atoms with E-state index >= 15 is 0 Å². The number of carbonyl (C=O) groups is 1. The second-order valence-electron chi connectivity index (χ2n) is 2.47. The standard InChI is InChI=1S/C8H5ClF2INO2/c1-15-6-3(12)2-13-5(8(10)11)4(6)7(9)14/h2,8H,1H3. The topological polar surface area (TPSA) is 39.2 Å². The first-order valence-electron chi connectivity index (χ1n) is 3.69. The Bertz CT molecular complexity index is 400. The fourth-order valence-corrected chi connectivity index (χ4v) is 1.85. The molecule has 1 aromatic rings. The first-order chi connectivity index (χ1) is 6.99. The largest absolute Gasteiger partial charge is 0.495 e. The van der Waals surface area contributed by atoms with Crippen LogP contribution in [-0.4, -0.2) is 17.3 Å². The maximum absolute atomic E-state index is 12.5. The Morgan fingerprint density at radius 2 is 2.27 bits per heavy atom. The monoisotopic (exact) mass is 347 g/mol. The van der Waals surface area contributed by atoms with Crippen molar-refractivity contribution in [2.75, 3.05) is 7.11 Å². The number of pyridine rings is 1. The maximum Gasteiger partial charge on any atom is 0.281 e. The maximum atomic E-state index is 12.5. The zero-order valence-corrected chi connectivity index (χ0v) is 10.3. The Morgan fingerprint density at radius 1 is 1.67 bits per heavy atom. The summed E-state index contributed by atoms with van der Waals surface area (Å²) in [4.78, 5) is 14.5. The van der Waals surface area contributed by atoms with Crippen LogP contribution in [0, 0.1) is 3.57 Å². The van der Waals surface area contributed by atoms with Crippen molar-refractivity contribution in [3.05, 3.63) is 21.0 Å². The van der Waals surface area contributed by atoms with Crippen LogP contribution in [0.1, 0.15) is 22.5 Å². The molecule has 0 radical (unpaired) electrons. The van der Waals surface area contributed by atoms with Gasteiger partial charge in [-0.05, 0) is 34.2 Å². The van der Waals surface area contributed by atoms with Gasteiger partial charge in [0.25, 0.3) is 11.7 Å². The van der Waals surface area contributed by atoms with E-state index in [4.69, 9.17) is 16.3 Å². The van der Waals surface area contributed by atoms with Gasteiger partial charge >= 0.3 is 0 Å². The third-order valence-corrected chi connectivity index (χ3v) is 2.58. The van der Waals surface area contributed by atoms with Gasteiger partial charge in [-0.1, -0.05) is 0 Å². The van der Waals surface area contributed by atoms with Gasteiger partial charge in [0.2, 0.25) is 0 Å². The highest BCUT2D eigenvalue weighted by Gasteiger charge is 2.25. The zero-order valence-electron chi connectivity index (χ0n) is 7.43. The molecule has 0 aliphatic carbocycles. The molecule has 82 valence electrons. The van der Waals surface area contributed by atoms with Gasteiger partial charge in [0.15, 0.2) is 0 Å². The van der Waals surface area contributed by atoms with Crippen LogP contribution in [0.25, 0.3) is 0 Å². The molecule has 1 heterocycles. The number of methoxy groups -OCH3 is 1. The molecule has 7 heteroatoms. The van der Waals surface area contributed by atoms with Crippen molar-refractivity contribution in [1.29, 1.82) is 0 Å². The number of hydrogen-bond donors (Lipinski definition) is 0. The van der Waals surface area contributed by atoms with Crippen LogP contribution in [0.3, 0.4) is 0 Å². The van der Waals surface area contributed by atoms with Crippen molar-refractivity contribution in [2.45, 2.75) is 6.43 Å². The van der Waals surface area contributed by atoms with E-state index < -0.39 is 17.4 Å². The first kappa shape index (κ1) is 12.6. The number of halogens is 4.